The van der Waals surface area contributed by atoms with Gasteiger partial charge >= 0.3 is 5.97 Å². The summed E-state index contributed by atoms with van der Waals surface area (Å²) in [5.41, 5.74) is 7.54. The summed E-state index contributed by atoms with van der Waals surface area (Å²) >= 11 is 1.41. The molecule has 3 fully saturated rings. The summed E-state index contributed by atoms with van der Waals surface area (Å²) in [6.07, 6.45) is 3.48. The first-order valence-electron chi connectivity index (χ1n) is 25.4. The first kappa shape index (κ1) is 48.9. The smallest absolute Gasteiger partial charge is 0.355 e. The molecular weight excluding hydrogens is 965 g/mol. The first-order chi connectivity index (χ1) is 35.7. The number of piperazine rings is 1. The van der Waals surface area contributed by atoms with Crippen molar-refractivity contribution in [2.45, 2.75) is 82.8 Å². The number of benzene rings is 4. The van der Waals surface area contributed by atoms with E-state index in [-0.39, 0.29) is 54.8 Å². The Morgan fingerprint density at radius 3 is 2.42 bits per heavy atom. The number of carboxylic acid groups (broad SMARTS) is 1. The maximum absolute atomic E-state index is 15.8. The van der Waals surface area contributed by atoms with E-state index in [1.54, 1.807) is 16.8 Å². The van der Waals surface area contributed by atoms with Gasteiger partial charge < -0.3 is 19.6 Å². The molecule has 11 rings (SSSR count). The minimum Gasteiger partial charge on any atom is -0.490 e. The van der Waals surface area contributed by atoms with Crippen LogP contribution in [0.4, 0.5) is 25.4 Å². The minimum absolute atomic E-state index is 0.0943. The zero-order chi connectivity index (χ0) is 51.3. The van der Waals surface area contributed by atoms with E-state index in [4.69, 9.17) is 14.8 Å². The summed E-state index contributed by atoms with van der Waals surface area (Å²) in [7, 11) is 1.84. The number of para-hydroxylation sites is 2. The van der Waals surface area contributed by atoms with Gasteiger partial charge in [-0.15, -0.1) is 0 Å². The molecule has 2 saturated heterocycles. The lowest BCUT2D eigenvalue weighted by molar-refractivity contribution is -0.134. The van der Waals surface area contributed by atoms with Gasteiger partial charge in [0.25, 0.3) is 11.8 Å². The molecule has 1 aliphatic carbocycles. The second-order valence-electron chi connectivity index (χ2n) is 20.1. The highest BCUT2D eigenvalue weighted by atomic mass is 32.1. The number of thiazole rings is 1. The van der Waals surface area contributed by atoms with Crippen LogP contribution in [0.15, 0.2) is 91.0 Å². The number of fused-ring (bicyclic) bond motifs is 3. The number of aromatic nitrogens is 4. The van der Waals surface area contributed by atoms with Crippen molar-refractivity contribution in [3.63, 3.8) is 0 Å². The normalized spacial score (nSPS) is 19.6. The number of nitrogens with zero attached hydrogens (tertiary/aromatic N) is 7. The SMILES string of the molecule is Cc1c(O[C@H]2CC[C@H](CC(F)(F)CN3CCN(c4cccc5c(C6CCC(=O)NC6=O)nn(C)c45)CC3)CC2)cccc1-c1ccc(N2CCc3cccc(C(=O)Nc4nc5ccccc5s4)c3C2)nc1C(=O)O. The van der Waals surface area contributed by atoms with Gasteiger partial charge in [-0.05, 0) is 116 Å². The number of carbonyl (C=O) groups is 4. The summed E-state index contributed by atoms with van der Waals surface area (Å²) in [6.45, 7) is 4.67. The molecule has 0 bridgehead atoms. The molecule has 1 unspecified atom stereocenters. The number of aromatic carboxylic acids is 1. The van der Waals surface area contributed by atoms with E-state index in [0.29, 0.717) is 117 Å². The van der Waals surface area contributed by atoms with Crippen LogP contribution in [0.2, 0.25) is 0 Å². The number of imide groups is 1. The number of piperidine rings is 1. The maximum atomic E-state index is 15.8. The van der Waals surface area contributed by atoms with Gasteiger partial charge in [0, 0.05) is 75.7 Å². The van der Waals surface area contributed by atoms with Crippen molar-refractivity contribution < 1.29 is 37.8 Å². The standard InChI is InChI=1S/C56H57F2N9O6S/c1-33-37(38-20-22-47(60-50(38)54(71)72)67-25-24-35-8-5-10-39(42(35)31-67)52(69)62-55-59-43-12-3-4-15-46(43)74-55)9-7-14-45(33)73-36-18-16-34(17-19-36)30-56(57,58)32-65-26-28-66(29-27-65)44-13-6-11-40-49(63-64(2)51(40)44)41-21-23-48(68)61-53(41)70/h3-15,20,22,34,36,41H,16-19,21,23-32H2,1-2H3,(H,71,72)(H,59,62,69)(H,61,68,70)/t34-,36-,41?. The Bertz CT molecular complexity index is 3290. The van der Waals surface area contributed by atoms with Crippen molar-refractivity contribution in [3.8, 4) is 16.9 Å². The molecule has 1 atom stereocenters. The largest absolute Gasteiger partial charge is 0.490 e. The molecule has 3 aliphatic heterocycles. The number of ether oxygens (including phenoxy) is 1. The van der Waals surface area contributed by atoms with Crippen LogP contribution in [0.1, 0.15) is 94.1 Å². The highest BCUT2D eigenvalue weighted by molar-refractivity contribution is 7.22. The number of pyridine rings is 1. The van der Waals surface area contributed by atoms with E-state index >= 15 is 8.78 Å². The number of hydrogen-bond donors (Lipinski definition) is 3. The predicted octanol–water partition coefficient (Wildman–Crippen LogP) is 9.37. The number of hydrogen-bond acceptors (Lipinski definition) is 12. The number of carboxylic acids is 1. The highest BCUT2D eigenvalue weighted by Crippen LogP contribution is 2.40. The van der Waals surface area contributed by atoms with Crippen molar-refractivity contribution in [3.05, 3.63) is 125 Å². The van der Waals surface area contributed by atoms with Gasteiger partial charge in [0.1, 0.15) is 11.6 Å². The van der Waals surface area contributed by atoms with Crippen LogP contribution in [-0.4, -0.2) is 105 Å². The van der Waals surface area contributed by atoms with E-state index in [2.05, 4.69) is 20.5 Å². The van der Waals surface area contributed by atoms with Crippen molar-refractivity contribution >= 4 is 72.8 Å². The molecule has 3 amide bonds. The van der Waals surface area contributed by atoms with Crippen molar-refractivity contribution in [1.29, 1.82) is 0 Å². The predicted molar refractivity (Wildman–Crippen MR) is 281 cm³/mol. The van der Waals surface area contributed by atoms with Crippen LogP contribution in [0.25, 0.3) is 32.2 Å². The number of nitrogens with one attached hydrogen (secondary N) is 2. The average molecular weight is 1020 g/mol. The molecule has 7 aromatic rings. The number of rotatable bonds is 13. The topological polar surface area (TPSA) is 175 Å². The van der Waals surface area contributed by atoms with E-state index in [1.807, 2.05) is 103 Å². The lowest BCUT2D eigenvalue weighted by Gasteiger charge is -2.38. The Morgan fingerprint density at radius 2 is 1.64 bits per heavy atom. The van der Waals surface area contributed by atoms with E-state index < -0.39 is 17.8 Å². The zero-order valence-corrected chi connectivity index (χ0v) is 42.1. The summed E-state index contributed by atoms with van der Waals surface area (Å²) < 4.78 is 40.9. The van der Waals surface area contributed by atoms with Crippen LogP contribution < -0.4 is 25.2 Å². The molecule has 0 spiro atoms. The Morgan fingerprint density at radius 1 is 0.851 bits per heavy atom. The quantitative estimate of drug-likeness (QED) is 0.0936. The minimum atomic E-state index is -2.86. The van der Waals surface area contributed by atoms with Gasteiger partial charge in [-0.3, -0.25) is 34.6 Å². The molecule has 1 saturated carbocycles. The van der Waals surface area contributed by atoms with Crippen LogP contribution in [0, 0.1) is 12.8 Å². The van der Waals surface area contributed by atoms with Crippen LogP contribution in [-0.2, 0) is 29.6 Å². The molecule has 382 valence electrons. The van der Waals surface area contributed by atoms with Crippen molar-refractivity contribution in [1.82, 2.24) is 30.0 Å². The monoisotopic (exact) mass is 1020 g/mol. The number of halogens is 2. The third-order valence-electron chi connectivity index (χ3n) is 15.3. The molecule has 3 aromatic heterocycles. The third kappa shape index (κ3) is 9.91. The van der Waals surface area contributed by atoms with Crippen LogP contribution in [0.5, 0.6) is 5.75 Å². The van der Waals surface area contributed by atoms with Gasteiger partial charge in [-0.1, -0.05) is 59.9 Å². The third-order valence-corrected chi connectivity index (χ3v) is 16.2. The van der Waals surface area contributed by atoms with Gasteiger partial charge in [0.2, 0.25) is 11.8 Å². The number of aryl methyl sites for hydroxylation is 1. The van der Waals surface area contributed by atoms with Gasteiger partial charge in [0.05, 0.1) is 45.7 Å². The van der Waals surface area contributed by atoms with Gasteiger partial charge in [-0.25, -0.2) is 23.5 Å². The highest BCUT2D eigenvalue weighted by Gasteiger charge is 2.38. The zero-order valence-electron chi connectivity index (χ0n) is 41.3. The molecule has 18 heteroatoms. The van der Waals surface area contributed by atoms with Gasteiger partial charge in [0.15, 0.2) is 10.8 Å². The molecule has 15 nitrogen and oxygen atoms in total. The molecule has 0 radical (unpaired) electrons. The number of alkyl halides is 2. The summed E-state index contributed by atoms with van der Waals surface area (Å²) in [5.74, 6) is -4.42. The summed E-state index contributed by atoms with van der Waals surface area (Å²) in [4.78, 5) is 66.4. The van der Waals surface area contributed by atoms with E-state index in [0.717, 1.165) is 43.5 Å². The Labute approximate surface area is 430 Å². The molecular formula is C56H57F2N9O6S. The lowest BCUT2D eigenvalue weighted by atomic mass is 9.83. The average Bonchev–Trinajstić information content (AvgIpc) is 3.97. The molecule has 6 heterocycles. The van der Waals surface area contributed by atoms with Crippen LogP contribution >= 0.6 is 11.3 Å². The Hall–Kier alpha value is -7.31. The van der Waals surface area contributed by atoms with Crippen LogP contribution in [0.3, 0.4) is 0 Å². The number of amides is 3. The molecule has 4 aliphatic rings. The fraction of sp³-hybridized carbons (Fsp3) is 0.375. The molecule has 74 heavy (non-hydrogen) atoms. The summed E-state index contributed by atoms with van der Waals surface area (Å²) in [5, 5.41) is 22.0. The lowest BCUT2D eigenvalue weighted by Crippen LogP contribution is -2.50. The van der Waals surface area contributed by atoms with E-state index in [9.17, 15) is 24.3 Å². The Balaban J connectivity index is 0.690. The Kier molecular flexibility index (Phi) is 13.3. The van der Waals surface area contributed by atoms with Gasteiger partial charge in [-0.2, -0.15) is 5.10 Å². The molecule has 4 aromatic carbocycles. The number of carbonyl (C=O) groups excluding carboxylic acids is 3. The van der Waals surface area contributed by atoms with Crippen molar-refractivity contribution in [2.75, 3.05) is 54.4 Å². The number of anilines is 3. The fourth-order valence-corrected chi connectivity index (χ4v) is 12.4. The first-order valence-corrected chi connectivity index (χ1v) is 26.2. The summed E-state index contributed by atoms with van der Waals surface area (Å²) in [6, 6.07) is 28.5. The van der Waals surface area contributed by atoms with Crippen molar-refractivity contribution in [2.24, 2.45) is 13.0 Å². The van der Waals surface area contributed by atoms with E-state index in [1.165, 1.54) is 11.3 Å². The fourth-order valence-electron chi connectivity index (χ4n) is 11.5. The maximum Gasteiger partial charge on any atom is 0.355 e. The second-order valence-corrected chi connectivity index (χ2v) is 21.2. The second kappa shape index (κ2) is 20.2. The molecule has 3 N–H and O–H groups in total.